The third-order valence-corrected chi connectivity index (χ3v) is 7.07. The number of hydrogen-bond acceptors (Lipinski definition) is 5. The van der Waals surface area contributed by atoms with Crippen molar-refractivity contribution >= 4 is 58.6 Å². The number of carbonyl (C=O) groups is 2. The van der Waals surface area contributed by atoms with E-state index in [0.29, 0.717) is 12.1 Å². The molecule has 0 unspecified atom stereocenters. The molecule has 12 nitrogen and oxygen atoms in total. The molecule has 0 radical (unpaired) electrons. The lowest BCUT2D eigenvalue weighted by Crippen LogP contribution is -2.50. The van der Waals surface area contributed by atoms with Crippen LogP contribution in [0.25, 0.3) is 0 Å². The minimum absolute atomic E-state index is 0.0334. The maximum atomic E-state index is 13.9. The van der Waals surface area contributed by atoms with E-state index >= 15 is 0 Å². The van der Waals surface area contributed by atoms with Crippen LogP contribution in [0.15, 0.2) is 70.6 Å². The maximum Gasteiger partial charge on any atom is 0.434 e. The number of guanidine groups is 2. The number of alkyl halides is 9. The highest BCUT2D eigenvalue weighted by Gasteiger charge is 2.38. The van der Waals surface area contributed by atoms with Gasteiger partial charge in [0.05, 0.1) is 11.6 Å². The fourth-order valence-corrected chi connectivity index (χ4v) is 4.50. The van der Waals surface area contributed by atoms with Crippen LogP contribution in [0.1, 0.15) is 46.0 Å². The fourth-order valence-electron chi connectivity index (χ4n) is 4.25. The van der Waals surface area contributed by atoms with Gasteiger partial charge in [-0.15, -0.1) is 0 Å². The largest absolute Gasteiger partial charge is 0.434 e. The zero-order chi connectivity index (χ0) is 39.4. The predicted molar refractivity (Wildman–Crippen MR) is 175 cm³/mol. The average molecular weight is 800 g/mol. The third-order valence-electron chi connectivity index (χ3n) is 6.56. The second-order valence-electron chi connectivity index (χ2n) is 11.5. The van der Waals surface area contributed by atoms with Crippen LogP contribution in [0.4, 0.5) is 51.1 Å². The quantitative estimate of drug-likeness (QED) is 0.0501. The van der Waals surface area contributed by atoms with Crippen molar-refractivity contribution in [3.8, 4) is 0 Å². The third kappa shape index (κ3) is 12.1. The van der Waals surface area contributed by atoms with Gasteiger partial charge in [-0.25, -0.2) is 20.4 Å². The SMILES string of the molecule is CC(C)(C[n+]1[nH]c(C(F)(F)F)cc1NC(=NCC(F)(F)F)NC(=O)c1ccc(Cl)cc1)N=C(NC(=O)c1ccc(Cl)cc1)Nc1cc(C(F)(F)F)[nH]n1. The summed E-state index contributed by atoms with van der Waals surface area (Å²) in [5.74, 6) is -4.22. The Hall–Kier alpha value is -5.31. The van der Waals surface area contributed by atoms with Gasteiger partial charge < -0.3 is 5.32 Å². The van der Waals surface area contributed by atoms with E-state index in [9.17, 15) is 49.1 Å². The zero-order valence-corrected chi connectivity index (χ0v) is 28.5. The van der Waals surface area contributed by atoms with E-state index in [4.69, 9.17) is 23.2 Å². The van der Waals surface area contributed by atoms with Gasteiger partial charge in [0.25, 0.3) is 17.8 Å². The monoisotopic (exact) mass is 799 g/mol. The topological polar surface area (TPSA) is 155 Å². The number of carbonyl (C=O) groups excluding carboxylic acids is 2. The van der Waals surface area contributed by atoms with E-state index in [2.05, 4.69) is 41.4 Å². The number of halogens is 11. The molecule has 284 valence electrons. The van der Waals surface area contributed by atoms with Gasteiger partial charge in [-0.3, -0.25) is 25.3 Å². The molecule has 53 heavy (non-hydrogen) atoms. The number of hydrogen-bond donors (Lipinski definition) is 6. The average Bonchev–Trinajstić information content (AvgIpc) is 3.67. The number of benzene rings is 2. The molecule has 4 aromatic rings. The lowest BCUT2D eigenvalue weighted by Gasteiger charge is -2.21. The number of amides is 2. The van der Waals surface area contributed by atoms with Crippen molar-refractivity contribution in [2.45, 2.75) is 44.5 Å². The Morgan fingerprint density at radius 1 is 0.755 bits per heavy atom. The van der Waals surface area contributed by atoms with Gasteiger partial charge in [0.1, 0.15) is 18.8 Å². The second kappa shape index (κ2) is 15.7. The summed E-state index contributed by atoms with van der Waals surface area (Å²) in [7, 11) is 0. The van der Waals surface area contributed by atoms with Crippen molar-refractivity contribution in [2.75, 3.05) is 17.2 Å². The van der Waals surface area contributed by atoms with Crippen molar-refractivity contribution in [3.05, 3.63) is 93.2 Å². The Bertz CT molecular complexity index is 1980. The molecule has 0 aliphatic rings. The lowest BCUT2D eigenvalue weighted by molar-refractivity contribution is -0.743. The molecule has 0 aliphatic carbocycles. The van der Waals surface area contributed by atoms with Crippen LogP contribution in [0, 0.1) is 0 Å². The standard InChI is InChI=1S/C30H25Cl2F9N10O2/c1-27(2,47-26(43-21-11-19(48-49-21)29(36,37)38)46-24(53)16-5-9-18(32)10-6-16)14-51-22(12-20(50-51)30(39,40)41)44-25(42-13-28(33,34)35)45-23(52)15-3-7-17(31)8-4-15/h3-12H,13-14H2,1-2H3,(H5,42,43,44,45,46,47,48,49,50,52,53)/p+1. The van der Waals surface area contributed by atoms with Gasteiger partial charge in [-0.1, -0.05) is 23.2 Å². The van der Waals surface area contributed by atoms with Gasteiger partial charge in [0.2, 0.25) is 5.96 Å². The summed E-state index contributed by atoms with van der Waals surface area (Å²) in [4.78, 5) is 33.4. The first-order valence-electron chi connectivity index (χ1n) is 14.7. The normalized spacial score (nSPS) is 13.2. The summed E-state index contributed by atoms with van der Waals surface area (Å²) >= 11 is 11.7. The molecule has 0 saturated carbocycles. The summed E-state index contributed by atoms with van der Waals surface area (Å²) in [6, 6.07) is 11.6. The molecule has 2 aromatic carbocycles. The van der Waals surface area contributed by atoms with Crippen molar-refractivity contribution < 1.29 is 53.8 Å². The maximum absolute atomic E-state index is 13.9. The van der Waals surface area contributed by atoms with Crippen LogP contribution in [0.3, 0.4) is 0 Å². The molecule has 23 heteroatoms. The Labute approximate surface area is 302 Å². The van der Waals surface area contributed by atoms with E-state index in [1.54, 1.807) is 5.10 Å². The highest BCUT2D eigenvalue weighted by molar-refractivity contribution is 6.31. The summed E-state index contributed by atoms with van der Waals surface area (Å²) in [5.41, 5.74) is -4.27. The van der Waals surface area contributed by atoms with Crippen LogP contribution in [0.2, 0.25) is 10.0 Å². The minimum atomic E-state index is -5.01. The number of anilines is 2. The molecule has 6 N–H and O–H groups in total. The number of nitrogens with one attached hydrogen (secondary N) is 6. The number of aromatic nitrogens is 4. The van der Waals surface area contributed by atoms with E-state index in [-0.39, 0.29) is 21.2 Å². The number of aromatic amines is 2. The van der Waals surface area contributed by atoms with Gasteiger partial charge in [-0.2, -0.15) is 49.3 Å². The lowest BCUT2D eigenvalue weighted by atomic mass is 10.1. The first-order valence-corrected chi connectivity index (χ1v) is 15.4. The van der Waals surface area contributed by atoms with E-state index in [1.807, 2.05) is 0 Å². The summed E-state index contributed by atoms with van der Waals surface area (Å²) < 4.78 is 121. The van der Waals surface area contributed by atoms with E-state index in [1.165, 1.54) is 62.4 Å². The second-order valence-corrected chi connectivity index (χ2v) is 12.4. The smallest absolute Gasteiger partial charge is 0.309 e. The van der Waals surface area contributed by atoms with Crippen LogP contribution >= 0.6 is 23.2 Å². The first kappa shape index (κ1) is 40.5. The van der Waals surface area contributed by atoms with Crippen molar-refractivity contribution in [1.82, 2.24) is 25.9 Å². The zero-order valence-electron chi connectivity index (χ0n) is 27.0. The molecule has 0 bridgehead atoms. The van der Waals surface area contributed by atoms with Gasteiger partial charge in [0, 0.05) is 27.2 Å². The molecular weight excluding hydrogens is 774 g/mol. The molecule has 2 amide bonds. The molecule has 0 atom stereocenters. The molecular formula is C30H26Cl2F9N10O2+. The van der Waals surface area contributed by atoms with E-state index < -0.39 is 83.9 Å². The number of rotatable bonds is 8. The number of aliphatic imine (C=N–C) groups is 2. The number of nitrogens with zero attached hydrogens (tertiary/aromatic N) is 4. The van der Waals surface area contributed by atoms with Crippen LogP contribution < -0.4 is 25.9 Å². The molecule has 4 rings (SSSR count). The van der Waals surface area contributed by atoms with Crippen molar-refractivity contribution in [2.24, 2.45) is 9.98 Å². The number of H-pyrrole nitrogens is 2. The highest BCUT2D eigenvalue weighted by atomic mass is 35.5. The predicted octanol–water partition coefficient (Wildman–Crippen LogP) is 6.81. The van der Waals surface area contributed by atoms with Gasteiger partial charge >= 0.3 is 24.3 Å². The summed E-state index contributed by atoms with van der Waals surface area (Å²) in [5, 5.41) is 17.0. The Kier molecular flexibility index (Phi) is 12.0. The highest BCUT2D eigenvalue weighted by Crippen LogP contribution is 2.30. The van der Waals surface area contributed by atoms with Crippen molar-refractivity contribution in [1.29, 1.82) is 0 Å². The summed E-state index contributed by atoms with van der Waals surface area (Å²) in [6.45, 7) is 0.287. The van der Waals surface area contributed by atoms with Gasteiger partial charge in [0.15, 0.2) is 11.5 Å². The summed E-state index contributed by atoms with van der Waals surface area (Å²) in [6.07, 6.45) is -14.7. The van der Waals surface area contributed by atoms with Crippen LogP contribution in [-0.2, 0) is 18.9 Å². The molecule has 2 aromatic heterocycles. The first-order chi connectivity index (χ1) is 24.5. The molecule has 0 fully saturated rings. The van der Waals surface area contributed by atoms with E-state index in [0.717, 1.165) is 4.68 Å². The van der Waals surface area contributed by atoms with Crippen LogP contribution in [0.5, 0.6) is 0 Å². The molecule has 0 aliphatic heterocycles. The minimum Gasteiger partial charge on any atom is -0.309 e. The molecule has 2 heterocycles. The van der Waals surface area contributed by atoms with Crippen LogP contribution in [-0.4, -0.2) is 57.3 Å². The molecule has 0 saturated heterocycles. The Morgan fingerprint density at radius 2 is 1.26 bits per heavy atom. The fraction of sp³-hybridized carbons (Fsp3) is 0.267. The van der Waals surface area contributed by atoms with Gasteiger partial charge in [-0.05, 0) is 62.4 Å². The van der Waals surface area contributed by atoms with Crippen molar-refractivity contribution in [3.63, 3.8) is 0 Å². The Balaban J connectivity index is 1.70. The Morgan fingerprint density at radius 3 is 1.74 bits per heavy atom. The molecule has 0 spiro atoms.